The Bertz CT molecular complexity index is 385. The molecule has 0 aliphatic rings. The fraction of sp³-hybridized carbons (Fsp3) is 0.625. The van der Waals surface area contributed by atoms with E-state index in [4.69, 9.17) is 0 Å². The minimum Gasteiger partial charge on any atom is -0.380 e. The Morgan fingerprint density at radius 3 is 1.23 bits per heavy atom. The van der Waals surface area contributed by atoms with Crippen LogP contribution in [-0.4, -0.2) is 42.9 Å². The first-order chi connectivity index (χ1) is 9.53. The van der Waals surface area contributed by atoms with Crippen molar-refractivity contribution in [1.82, 2.24) is 5.32 Å². The zero-order valence-corrected chi connectivity index (χ0v) is 10.2. The number of halogens is 9. The van der Waals surface area contributed by atoms with E-state index < -0.39 is 36.4 Å². The number of hydrogen-bond acceptors (Lipinski definition) is 4. The molecule has 0 fully saturated rings. The van der Waals surface area contributed by atoms with Crippen molar-refractivity contribution in [2.75, 3.05) is 6.54 Å². The van der Waals surface area contributed by atoms with E-state index in [1.165, 1.54) is 6.92 Å². The van der Waals surface area contributed by atoms with Gasteiger partial charge in [0.25, 0.3) is 0 Å². The molecule has 0 saturated carbocycles. The van der Waals surface area contributed by atoms with Gasteiger partial charge in [-0.1, -0.05) is 0 Å². The van der Waals surface area contributed by atoms with Crippen molar-refractivity contribution >= 4 is 17.8 Å². The average Bonchev–Trinajstić information content (AvgIpc) is 2.26. The van der Waals surface area contributed by atoms with E-state index in [-0.39, 0.29) is 6.54 Å². The lowest BCUT2D eigenvalue weighted by Gasteiger charge is -2.06. The van der Waals surface area contributed by atoms with Crippen LogP contribution in [0.3, 0.4) is 0 Å². The summed E-state index contributed by atoms with van der Waals surface area (Å²) in [6.45, 7) is 1.42. The van der Waals surface area contributed by atoms with Crippen LogP contribution >= 0.6 is 0 Å². The molecule has 0 bridgehead atoms. The Kier molecular flexibility index (Phi) is 7.93. The summed E-state index contributed by atoms with van der Waals surface area (Å²) in [5.41, 5.74) is 0. The molecule has 0 spiro atoms. The third kappa shape index (κ3) is 9.82. The molecule has 0 saturated heterocycles. The number of nitrogens with one attached hydrogen (secondary N) is 1. The van der Waals surface area contributed by atoms with Crippen LogP contribution in [0.2, 0.25) is 0 Å². The molecule has 0 aromatic carbocycles. The van der Waals surface area contributed by atoms with Gasteiger partial charge in [-0.25, -0.2) is 9.59 Å². The number of amides is 1. The number of rotatable bonds is 1. The smallest absolute Gasteiger partial charge is 0.380 e. The van der Waals surface area contributed by atoms with Crippen molar-refractivity contribution in [2.24, 2.45) is 0 Å². The van der Waals surface area contributed by atoms with Gasteiger partial charge in [-0.2, -0.15) is 39.5 Å². The minimum atomic E-state index is -5.62. The zero-order valence-electron chi connectivity index (χ0n) is 10.2. The van der Waals surface area contributed by atoms with Gasteiger partial charge in [0, 0.05) is 6.54 Å². The maximum atomic E-state index is 11.2. The van der Waals surface area contributed by atoms with Gasteiger partial charge in [0.05, 0.1) is 0 Å². The predicted molar refractivity (Wildman–Crippen MR) is 47.9 cm³/mol. The molecule has 0 radical (unpaired) electrons. The molecule has 1 amide bonds. The first kappa shape index (κ1) is 22.3. The van der Waals surface area contributed by atoms with E-state index in [0.717, 1.165) is 0 Å². The Balaban J connectivity index is 0. The lowest BCUT2D eigenvalue weighted by atomic mass is 10.6. The van der Waals surface area contributed by atoms with Crippen LogP contribution in [0.5, 0.6) is 0 Å². The Morgan fingerprint density at radius 1 is 0.773 bits per heavy atom. The molecule has 5 nitrogen and oxygen atoms in total. The summed E-state index contributed by atoms with van der Waals surface area (Å²) in [6, 6.07) is 0. The number of ether oxygens (including phenoxy) is 1. The van der Waals surface area contributed by atoms with Crippen molar-refractivity contribution < 1.29 is 58.6 Å². The molecule has 0 rings (SSSR count). The molecule has 0 aliphatic carbocycles. The highest BCUT2D eigenvalue weighted by Crippen LogP contribution is 2.21. The third-order valence-electron chi connectivity index (χ3n) is 1.24. The third-order valence-corrected chi connectivity index (χ3v) is 1.24. The van der Waals surface area contributed by atoms with Crippen LogP contribution in [0.15, 0.2) is 0 Å². The highest BCUT2D eigenvalue weighted by atomic mass is 19.4. The fourth-order valence-electron chi connectivity index (χ4n) is 0.461. The van der Waals surface area contributed by atoms with Crippen molar-refractivity contribution in [3.05, 3.63) is 0 Å². The maximum Gasteiger partial charge on any atom is 0.491 e. The average molecular weight is 351 g/mol. The zero-order chi connectivity index (χ0) is 18.4. The second kappa shape index (κ2) is 7.84. The van der Waals surface area contributed by atoms with Crippen LogP contribution in [-0.2, 0) is 19.1 Å². The van der Waals surface area contributed by atoms with Crippen molar-refractivity contribution in [1.29, 1.82) is 0 Å². The summed E-state index contributed by atoms with van der Waals surface area (Å²) in [5, 5.41) is 1.62. The number of carbonyl (C=O) groups is 3. The molecule has 1 N–H and O–H groups in total. The van der Waals surface area contributed by atoms with Crippen LogP contribution in [0.4, 0.5) is 39.5 Å². The number of esters is 2. The molecule has 14 heteroatoms. The highest BCUT2D eigenvalue weighted by molar-refractivity contribution is 5.90. The Morgan fingerprint density at radius 2 is 1.09 bits per heavy atom. The summed E-state index contributed by atoms with van der Waals surface area (Å²) in [6.07, 6.45) is -16.0. The monoisotopic (exact) mass is 351 g/mol. The predicted octanol–water partition coefficient (Wildman–Crippen LogP) is 1.87. The first-order valence-corrected chi connectivity index (χ1v) is 4.78. The van der Waals surface area contributed by atoms with E-state index in [2.05, 4.69) is 4.74 Å². The number of alkyl halides is 9. The molecule has 0 aromatic heterocycles. The lowest BCUT2D eigenvalue weighted by molar-refractivity contribution is -0.221. The van der Waals surface area contributed by atoms with Crippen LogP contribution in [0, 0.1) is 0 Å². The molecule has 0 heterocycles. The summed E-state index contributed by atoms with van der Waals surface area (Å²) >= 11 is 0. The SMILES string of the molecule is CCNC(=O)C(F)(F)F.O=C(OC(=O)C(F)(F)F)C(F)(F)F. The van der Waals surface area contributed by atoms with Crippen molar-refractivity contribution in [3.63, 3.8) is 0 Å². The largest absolute Gasteiger partial charge is 0.491 e. The van der Waals surface area contributed by atoms with Gasteiger partial charge in [0.1, 0.15) is 0 Å². The van der Waals surface area contributed by atoms with Gasteiger partial charge in [0.2, 0.25) is 0 Å². The Labute approximate surface area is 115 Å². The normalized spacial score (nSPS) is 11.9. The topological polar surface area (TPSA) is 72.5 Å². The van der Waals surface area contributed by atoms with Crippen molar-refractivity contribution in [2.45, 2.75) is 25.5 Å². The molecular formula is C8H6F9NO4. The van der Waals surface area contributed by atoms with Gasteiger partial charge in [-0.15, -0.1) is 0 Å². The van der Waals surface area contributed by atoms with E-state index in [1.807, 2.05) is 0 Å². The summed E-state index contributed by atoms with van der Waals surface area (Å²) in [7, 11) is 0. The van der Waals surface area contributed by atoms with E-state index in [9.17, 15) is 53.9 Å². The molecule has 0 unspecified atom stereocenters. The lowest BCUT2D eigenvalue weighted by Crippen LogP contribution is -2.36. The standard InChI is InChI=1S/C4F6O3.C4H6F3NO/c5-3(6,7)1(11)13-2(12)4(8,9)10;1-2-8-3(9)4(5,6)7/h;2H2,1H3,(H,8,9). The van der Waals surface area contributed by atoms with Gasteiger partial charge >= 0.3 is 36.4 Å². The molecule has 0 aromatic rings. The second-order valence-corrected chi connectivity index (χ2v) is 3.03. The fourth-order valence-corrected chi connectivity index (χ4v) is 0.461. The van der Waals surface area contributed by atoms with Crippen LogP contribution in [0.1, 0.15) is 6.92 Å². The molecule has 22 heavy (non-hydrogen) atoms. The van der Waals surface area contributed by atoms with E-state index in [1.54, 1.807) is 5.32 Å². The molecule has 0 atom stereocenters. The quantitative estimate of drug-likeness (QED) is 0.445. The summed E-state index contributed by atoms with van der Waals surface area (Å²) in [4.78, 5) is 29.1. The summed E-state index contributed by atoms with van der Waals surface area (Å²) < 4.78 is 103. The van der Waals surface area contributed by atoms with Gasteiger partial charge < -0.3 is 10.1 Å². The maximum absolute atomic E-state index is 11.2. The van der Waals surface area contributed by atoms with E-state index in [0.29, 0.717) is 0 Å². The number of hydrogen-bond donors (Lipinski definition) is 1. The highest BCUT2D eigenvalue weighted by Gasteiger charge is 2.49. The second-order valence-electron chi connectivity index (χ2n) is 3.03. The number of carbonyl (C=O) groups excluding carboxylic acids is 3. The first-order valence-electron chi connectivity index (χ1n) is 4.78. The molecular weight excluding hydrogens is 345 g/mol. The summed E-state index contributed by atoms with van der Waals surface area (Å²) in [5.74, 6) is -8.28. The minimum absolute atomic E-state index is 0.00164. The van der Waals surface area contributed by atoms with Gasteiger partial charge in [-0.05, 0) is 6.92 Å². The van der Waals surface area contributed by atoms with Gasteiger partial charge in [-0.3, -0.25) is 4.79 Å². The molecule has 130 valence electrons. The van der Waals surface area contributed by atoms with Crippen LogP contribution in [0.25, 0.3) is 0 Å². The van der Waals surface area contributed by atoms with E-state index >= 15 is 0 Å². The van der Waals surface area contributed by atoms with Crippen LogP contribution < -0.4 is 5.32 Å². The van der Waals surface area contributed by atoms with Gasteiger partial charge in [0.15, 0.2) is 0 Å². The molecule has 0 aliphatic heterocycles. The Hall–Kier alpha value is -2.02. The van der Waals surface area contributed by atoms with Crippen molar-refractivity contribution in [3.8, 4) is 0 Å².